The molecule has 2 aromatic rings. The van der Waals surface area contributed by atoms with Crippen LogP contribution in [0.25, 0.3) is 0 Å². The fraction of sp³-hybridized carbons (Fsp3) is 0.222. The maximum Gasteiger partial charge on any atom is 0.335 e. The molecule has 4 heteroatoms. The Hall–Kier alpha value is -2.62. The van der Waals surface area contributed by atoms with Crippen molar-refractivity contribution in [2.24, 2.45) is 5.92 Å². The maximum absolute atomic E-state index is 11.2. The van der Waals surface area contributed by atoms with Crippen molar-refractivity contribution < 1.29 is 9.90 Å². The van der Waals surface area contributed by atoms with Crippen LogP contribution in [-0.4, -0.2) is 16.1 Å². The largest absolute Gasteiger partial charge is 0.478 e. The standard InChI is InChI=1S/C18H16N2O2/c21-18(22)12-4-5-16-15(10-12)13-2-1-3-14(13)17(20-16)11-6-8-19-9-7-11/h1-2,4-10,13-14,17,20H,3H2,(H,21,22)/t13-,14+,17+/m0/s1. The number of anilines is 1. The zero-order valence-corrected chi connectivity index (χ0v) is 11.9. The SMILES string of the molecule is O=C(O)c1ccc2c(c1)[C@H]1C=CC[C@H]1[C@@H](c1ccncc1)N2. The van der Waals surface area contributed by atoms with E-state index in [2.05, 4.69) is 22.5 Å². The van der Waals surface area contributed by atoms with Crippen LogP contribution in [0.4, 0.5) is 5.69 Å². The van der Waals surface area contributed by atoms with Crippen molar-refractivity contribution in [2.45, 2.75) is 18.4 Å². The first-order chi connectivity index (χ1) is 10.7. The molecule has 0 spiro atoms. The van der Waals surface area contributed by atoms with Gasteiger partial charge in [-0.2, -0.15) is 0 Å². The Bertz CT molecular complexity index is 755. The average Bonchev–Trinajstić information content (AvgIpc) is 3.04. The number of benzene rings is 1. The Kier molecular flexibility index (Phi) is 2.96. The average molecular weight is 292 g/mol. The van der Waals surface area contributed by atoms with Gasteiger partial charge in [0.05, 0.1) is 11.6 Å². The number of nitrogens with one attached hydrogen (secondary N) is 1. The Morgan fingerprint density at radius 1 is 1.23 bits per heavy atom. The summed E-state index contributed by atoms with van der Waals surface area (Å²) in [6.07, 6.45) is 9.05. The van der Waals surface area contributed by atoms with Crippen molar-refractivity contribution in [3.05, 3.63) is 71.6 Å². The molecule has 2 N–H and O–H groups in total. The molecule has 4 rings (SSSR count). The minimum Gasteiger partial charge on any atom is -0.478 e. The fourth-order valence-electron chi connectivity index (χ4n) is 3.63. The van der Waals surface area contributed by atoms with Gasteiger partial charge in [-0.15, -0.1) is 0 Å². The molecule has 110 valence electrons. The van der Waals surface area contributed by atoms with Crippen molar-refractivity contribution in [2.75, 3.05) is 5.32 Å². The normalized spacial score (nSPS) is 25.2. The van der Waals surface area contributed by atoms with Crippen LogP contribution >= 0.6 is 0 Å². The van der Waals surface area contributed by atoms with Crippen molar-refractivity contribution in [1.82, 2.24) is 4.98 Å². The molecule has 0 bridgehead atoms. The number of aromatic nitrogens is 1. The third kappa shape index (κ3) is 1.99. The topological polar surface area (TPSA) is 62.2 Å². The first-order valence-corrected chi connectivity index (χ1v) is 7.44. The van der Waals surface area contributed by atoms with Gasteiger partial charge in [-0.1, -0.05) is 12.2 Å². The Labute approximate surface area is 128 Å². The van der Waals surface area contributed by atoms with Gasteiger partial charge in [-0.05, 0) is 53.8 Å². The number of hydrogen-bond donors (Lipinski definition) is 2. The van der Waals surface area contributed by atoms with Gasteiger partial charge in [0.15, 0.2) is 0 Å². The Morgan fingerprint density at radius 3 is 2.82 bits per heavy atom. The molecule has 2 heterocycles. The van der Waals surface area contributed by atoms with Crippen LogP contribution in [0.1, 0.15) is 39.9 Å². The number of carbonyl (C=O) groups is 1. The highest BCUT2D eigenvalue weighted by atomic mass is 16.4. The molecular weight excluding hydrogens is 276 g/mol. The van der Waals surface area contributed by atoms with E-state index in [9.17, 15) is 9.90 Å². The van der Waals surface area contributed by atoms with Crippen LogP contribution in [0.3, 0.4) is 0 Å². The quantitative estimate of drug-likeness (QED) is 0.830. The van der Waals surface area contributed by atoms with E-state index in [4.69, 9.17) is 0 Å². The molecule has 0 radical (unpaired) electrons. The van der Waals surface area contributed by atoms with Crippen LogP contribution < -0.4 is 5.32 Å². The van der Waals surface area contributed by atoms with Crippen molar-refractivity contribution in [3.8, 4) is 0 Å². The summed E-state index contributed by atoms with van der Waals surface area (Å²) in [6, 6.07) is 9.67. The number of carboxylic acid groups (broad SMARTS) is 1. The molecule has 1 aromatic heterocycles. The predicted molar refractivity (Wildman–Crippen MR) is 84.0 cm³/mol. The van der Waals surface area contributed by atoms with Gasteiger partial charge in [-0.25, -0.2) is 4.79 Å². The van der Waals surface area contributed by atoms with E-state index in [0.717, 1.165) is 17.7 Å². The molecule has 0 unspecified atom stereocenters. The fourth-order valence-corrected chi connectivity index (χ4v) is 3.63. The molecule has 3 atom stereocenters. The second kappa shape index (κ2) is 4.98. The first-order valence-electron chi connectivity index (χ1n) is 7.44. The molecule has 4 nitrogen and oxygen atoms in total. The van der Waals surface area contributed by atoms with Gasteiger partial charge in [-0.3, -0.25) is 4.98 Å². The van der Waals surface area contributed by atoms with Crippen molar-refractivity contribution in [3.63, 3.8) is 0 Å². The highest BCUT2D eigenvalue weighted by Gasteiger charge is 2.38. The summed E-state index contributed by atoms with van der Waals surface area (Å²) in [6.45, 7) is 0. The monoisotopic (exact) mass is 292 g/mol. The minimum absolute atomic E-state index is 0.228. The van der Waals surface area contributed by atoms with Gasteiger partial charge < -0.3 is 10.4 Å². The van der Waals surface area contributed by atoms with E-state index >= 15 is 0 Å². The molecule has 1 aliphatic carbocycles. The van der Waals surface area contributed by atoms with E-state index in [-0.39, 0.29) is 12.0 Å². The lowest BCUT2D eigenvalue weighted by Crippen LogP contribution is -2.29. The van der Waals surface area contributed by atoms with E-state index in [1.165, 1.54) is 5.56 Å². The van der Waals surface area contributed by atoms with Crippen LogP contribution in [0.5, 0.6) is 0 Å². The van der Waals surface area contributed by atoms with E-state index in [1.54, 1.807) is 12.1 Å². The highest BCUT2D eigenvalue weighted by molar-refractivity contribution is 5.89. The zero-order chi connectivity index (χ0) is 15.1. The minimum atomic E-state index is -0.877. The molecule has 1 aliphatic heterocycles. The molecule has 22 heavy (non-hydrogen) atoms. The van der Waals surface area contributed by atoms with Crippen LogP contribution in [0.2, 0.25) is 0 Å². The Balaban J connectivity index is 1.79. The maximum atomic E-state index is 11.2. The lowest BCUT2D eigenvalue weighted by Gasteiger charge is -2.37. The lowest BCUT2D eigenvalue weighted by atomic mass is 9.77. The third-order valence-corrected chi connectivity index (χ3v) is 4.67. The summed E-state index contributed by atoms with van der Waals surface area (Å²) in [4.78, 5) is 15.3. The van der Waals surface area contributed by atoms with Gasteiger partial charge >= 0.3 is 5.97 Å². The lowest BCUT2D eigenvalue weighted by molar-refractivity contribution is 0.0696. The number of aromatic carboxylic acids is 1. The summed E-state index contributed by atoms with van der Waals surface area (Å²) < 4.78 is 0. The molecule has 0 fully saturated rings. The number of pyridine rings is 1. The summed E-state index contributed by atoms with van der Waals surface area (Å²) in [7, 11) is 0. The van der Waals surface area contributed by atoms with Gasteiger partial charge in [0.2, 0.25) is 0 Å². The molecule has 1 aromatic carbocycles. The number of fused-ring (bicyclic) bond motifs is 3. The summed E-state index contributed by atoms with van der Waals surface area (Å²) >= 11 is 0. The van der Waals surface area contributed by atoms with Crippen LogP contribution in [0, 0.1) is 5.92 Å². The highest BCUT2D eigenvalue weighted by Crippen LogP contribution is 2.49. The third-order valence-electron chi connectivity index (χ3n) is 4.67. The van der Waals surface area contributed by atoms with E-state index in [1.807, 2.05) is 30.6 Å². The summed E-state index contributed by atoms with van der Waals surface area (Å²) in [5, 5.41) is 12.8. The molecule has 0 saturated carbocycles. The number of rotatable bonds is 2. The van der Waals surface area contributed by atoms with Gasteiger partial charge in [0.25, 0.3) is 0 Å². The molecule has 0 amide bonds. The Morgan fingerprint density at radius 2 is 2.05 bits per heavy atom. The van der Waals surface area contributed by atoms with Crippen LogP contribution in [0.15, 0.2) is 54.9 Å². The number of allylic oxidation sites excluding steroid dienone is 2. The van der Waals surface area contributed by atoms with Crippen molar-refractivity contribution >= 4 is 11.7 Å². The van der Waals surface area contributed by atoms with E-state index in [0.29, 0.717) is 11.5 Å². The molecular formula is C18H16N2O2. The second-order valence-electron chi connectivity index (χ2n) is 5.86. The molecule has 2 aliphatic rings. The predicted octanol–water partition coefficient (Wildman–Crippen LogP) is 3.61. The first kappa shape index (κ1) is 13.1. The zero-order valence-electron chi connectivity index (χ0n) is 11.9. The van der Waals surface area contributed by atoms with Gasteiger partial charge in [0, 0.05) is 24.0 Å². The summed E-state index contributed by atoms with van der Waals surface area (Å²) in [5.74, 6) is -0.190. The molecule has 0 saturated heterocycles. The smallest absolute Gasteiger partial charge is 0.335 e. The van der Waals surface area contributed by atoms with Gasteiger partial charge in [0.1, 0.15) is 0 Å². The number of nitrogens with zero attached hydrogens (tertiary/aromatic N) is 1. The summed E-state index contributed by atoms with van der Waals surface area (Å²) in [5.41, 5.74) is 3.69. The van der Waals surface area contributed by atoms with E-state index < -0.39 is 5.97 Å². The number of hydrogen-bond acceptors (Lipinski definition) is 3. The van der Waals surface area contributed by atoms with Crippen molar-refractivity contribution in [1.29, 1.82) is 0 Å². The second-order valence-corrected chi connectivity index (χ2v) is 5.86. The number of carboxylic acids is 1. The van der Waals surface area contributed by atoms with Crippen LogP contribution in [-0.2, 0) is 0 Å².